The van der Waals surface area contributed by atoms with Crippen molar-refractivity contribution >= 4 is 11.6 Å². The fourth-order valence-corrected chi connectivity index (χ4v) is 2.56. The maximum absolute atomic E-state index is 13.1. The molecular formula is C19H23FN2O. The molecule has 0 heterocycles. The third-order valence-electron chi connectivity index (χ3n) is 3.69. The van der Waals surface area contributed by atoms with Crippen LogP contribution in [-0.2, 0) is 11.2 Å². The average Bonchev–Trinajstić information content (AvgIpc) is 2.45. The number of amides is 1. The van der Waals surface area contributed by atoms with E-state index in [9.17, 15) is 9.18 Å². The monoisotopic (exact) mass is 314 g/mol. The first kappa shape index (κ1) is 17.0. The molecule has 3 N–H and O–H groups in total. The molecule has 0 aliphatic rings. The number of hydrogen-bond donors (Lipinski definition) is 2. The van der Waals surface area contributed by atoms with Crippen molar-refractivity contribution in [2.45, 2.75) is 33.2 Å². The van der Waals surface area contributed by atoms with Gasteiger partial charge in [0, 0.05) is 5.69 Å². The quantitative estimate of drug-likeness (QED) is 0.842. The maximum atomic E-state index is 13.1. The van der Waals surface area contributed by atoms with Crippen LogP contribution in [0.4, 0.5) is 10.1 Å². The second-order valence-corrected chi connectivity index (χ2v) is 6.84. The molecule has 0 fully saturated rings. The lowest BCUT2D eigenvalue weighted by atomic mass is 9.82. The lowest BCUT2D eigenvalue weighted by Gasteiger charge is -2.32. The zero-order valence-electron chi connectivity index (χ0n) is 13.8. The summed E-state index contributed by atoms with van der Waals surface area (Å²) in [7, 11) is 0. The Bertz CT molecular complexity index is 675. The largest absolute Gasteiger partial charge is 0.399 e. The fourth-order valence-electron chi connectivity index (χ4n) is 2.56. The Balaban J connectivity index is 2.15. The highest BCUT2D eigenvalue weighted by Crippen LogP contribution is 2.32. The number of anilines is 1. The summed E-state index contributed by atoms with van der Waals surface area (Å²) in [6, 6.07) is 13.4. The van der Waals surface area contributed by atoms with Gasteiger partial charge in [0.25, 0.3) is 0 Å². The predicted octanol–water partition coefficient (Wildman–Crippen LogP) is 3.85. The summed E-state index contributed by atoms with van der Waals surface area (Å²) in [5, 5.41) is 3.06. The minimum absolute atomic E-state index is 0.0835. The van der Waals surface area contributed by atoms with Crippen LogP contribution in [0.15, 0.2) is 48.5 Å². The van der Waals surface area contributed by atoms with Crippen molar-refractivity contribution in [3.05, 3.63) is 65.5 Å². The van der Waals surface area contributed by atoms with Crippen LogP contribution in [-0.4, -0.2) is 5.91 Å². The fraction of sp³-hybridized carbons (Fsp3) is 0.316. The van der Waals surface area contributed by atoms with Crippen LogP contribution in [0.25, 0.3) is 0 Å². The highest BCUT2D eigenvalue weighted by molar-refractivity contribution is 5.79. The van der Waals surface area contributed by atoms with Crippen LogP contribution < -0.4 is 11.1 Å². The lowest BCUT2D eigenvalue weighted by molar-refractivity contribution is -0.122. The Labute approximate surface area is 136 Å². The van der Waals surface area contributed by atoms with Gasteiger partial charge in [-0.2, -0.15) is 0 Å². The second-order valence-electron chi connectivity index (χ2n) is 6.84. The Kier molecular flexibility index (Phi) is 5.04. The molecule has 0 aliphatic heterocycles. The first-order chi connectivity index (χ1) is 10.8. The number of benzene rings is 2. The topological polar surface area (TPSA) is 55.1 Å². The van der Waals surface area contributed by atoms with Gasteiger partial charge in [0.15, 0.2) is 0 Å². The van der Waals surface area contributed by atoms with Crippen LogP contribution in [0.2, 0.25) is 0 Å². The van der Waals surface area contributed by atoms with Crippen molar-refractivity contribution in [2.75, 3.05) is 5.73 Å². The highest BCUT2D eigenvalue weighted by atomic mass is 19.1. The van der Waals surface area contributed by atoms with Crippen LogP contribution in [0, 0.1) is 11.2 Å². The predicted molar refractivity (Wildman–Crippen MR) is 91.3 cm³/mol. The first-order valence-corrected chi connectivity index (χ1v) is 7.65. The summed E-state index contributed by atoms with van der Waals surface area (Å²) in [5.41, 5.74) is 7.95. The minimum Gasteiger partial charge on any atom is -0.399 e. The minimum atomic E-state index is -0.285. The number of hydrogen-bond acceptors (Lipinski definition) is 2. The molecule has 0 bridgehead atoms. The number of carbonyl (C=O) groups is 1. The molecule has 1 atom stereocenters. The van der Waals surface area contributed by atoms with E-state index in [1.807, 2.05) is 32.9 Å². The number of nitrogen functional groups attached to an aromatic ring is 1. The third kappa shape index (κ3) is 4.81. The van der Waals surface area contributed by atoms with E-state index in [0.29, 0.717) is 5.69 Å². The molecule has 1 amide bonds. The van der Waals surface area contributed by atoms with Crippen molar-refractivity contribution in [3.8, 4) is 0 Å². The van der Waals surface area contributed by atoms with Gasteiger partial charge in [0.05, 0.1) is 12.5 Å². The van der Waals surface area contributed by atoms with Crippen LogP contribution in [0.5, 0.6) is 0 Å². The van der Waals surface area contributed by atoms with Gasteiger partial charge in [0.1, 0.15) is 5.82 Å². The van der Waals surface area contributed by atoms with E-state index >= 15 is 0 Å². The molecule has 3 nitrogen and oxygen atoms in total. The maximum Gasteiger partial charge on any atom is 0.224 e. The van der Waals surface area contributed by atoms with Crippen LogP contribution in [0.3, 0.4) is 0 Å². The lowest BCUT2D eigenvalue weighted by Crippen LogP contribution is -2.37. The summed E-state index contributed by atoms with van der Waals surface area (Å²) in [5.74, 6) is -0.368. The first-order valence-electron chi connectivity index (χ1n) is 7.65. The Morgan fingerprint density at radius 1 is 1.17 bits per heavy atom. The molecule has 0 aromatic heterocycles. The van der Waals surface area contributed by atoms with Crippen molar-refractivity contribution < 1.29 is 9.18 Å². The molecule has 0 radical (unpaired) electrons. The standard InChI is InChI=1S/C19H23FN2O/c1-19(2,3)18(14-7-9-15(20)10-8-14)22-17(23)12-13-5-4-6-16(21)11-13/h4-11,18H,12,21H2,1-3H3,(H,22,23). The molecule has 0 aliphatic carbocycles. The molecule has 1 unspecified atom stereocenters. The van der Waals surface area contributed by atoms with E-state index in [1.165, 1.54) is 12.1 Å². The van der Waals surface area contributed by atoms with Gasteiger partial charge in [0.2, 0.25) is 5.91 Å². The van der Waals surface area contributed by atoms with Crippen molar-refractivity contribution in [2.24, 2.45) is 5.41 Å². The van der Waals surface area contributed by atoms with Crippen LogP contribution >= 0.6 is 0 Å². The van der Waals surface area contributed by atoms with E-state index in [-0.39, 0.29) is 29.6 Å². The summed E-state index contributed by atoms with van der Waals surface area (Å²) >= 11 is 0. The van der Waals surface area contributed by atoms with Gasteiger partial charge in [-0.1, -0.05) is 45.0 Å². The molecule has 2 aromatic carbocycles. The number of rotatable bonds is 4. The third-order valence-corrected chi connectivity index (χ3v) is 3.69. The molecule has 2 aromatic rings. The van der Waals surface area contributed by atoms with Crippen molar-refractivity contribution in [1.29, 1.82) is 0 Å². The van der Waals surface area contributed by atoms with Gasteiger partial charge in [-0.15, -0.1) is 0 Å². The van der Waals surface area contributed by atoms with Gasteiger partial charge in [-0.25, -0.2) is 4.39 Å². The summed E-state index contributed by atoms with van der Waals surface area (Å²) in [6.07, 6.45) is 0.263. The Morgan fingerprint density at radius 2 is 1.83 bits per heavy atom. The molecule has 4 heteroatoms. The Morgan fingerprint density at radius 3 is 2.39 bits per heavy atom. The van der Waals surface area contributed by atoms with E-state index < -0.39 is 0 Å². The highest BCUT2D eigenvalue weighted by Gasteiger charge is 2.27. The number of nitrogens with one attached hydrogen (secondary N) is 1. The molecule has 0 saturated carbocycles. The van der Waals surface area contributed by atoms with Gasteiger partial charge in [-0.3, -0.25) is 4.79 Å². The summed E-state index contributed by atoms with van der Waals surface area (Å²) in [4.78, 5) is 12.4. The van der Waals surface area contributed by atoms with Crippen molar-refractivity contribution in [1.82, 2.24) is 5.32 Å². The second kappa shape index (κ2) is 6.82. The molecule has 0 saturated heterocycles. The number of carbonyl (C=O) groups excluding carboxylic acids is 1. The molecule has 122 valence electrons. The normalized spacial score (nSPS) is 12.7. The molecule has 2 rings (SSSR count). The van der Waals surface area contributed by atoms with E-state index in [4.69, 9.17) is 5.73 Å². The average molecular weight is 314 g/mol. The summed E-state index contributed by atoms with van der Waals surface area (Å²) in [6.45, 7) is 6.13. The Hall–Kier alpha value is -2.36. The number of halogens is 1. The van der Waals surface area contributed by atoms with E-state index in [1.54, 1.807) is 24.3 Å². The SMILES string of the molecule is CC(C)(C)C(NC(=O)Cc1cccc(N)c1)c1ccc(F)cc1. The zero-order chi connectivity index (χ0) is 17.0. The van der Waals surface area contributed by atoms with Gasteiger partial charge >= 0.3 is 0 Å². The van der Waals surface area contributed by atoms with E-state index in [0.717, 1.165) is 11.1 Å². The zero-order valence-corrected chi connectivity index (χ0v) is 13.8. The molecule has 23 heavy (non-hydrogen) atoms. The molecular weight excluding hydrogens is 291 g/mol. The van der Waals surface area contributed by atoms with Gasteiger partial charge < -0.3 is 11.1 Å². The van der Waals surface area contributed by atoms with E-state index in [2.05, 4.69) is 5.32 Å². The van der Waals surface area contributed by atoms with Crippen LogP contribution in [0.1, 0.15) is 37.9 Å². The van der Waals surface area contributed by atoms with Crippen molar-refractivity contribution in [3.63, 3.8) is 0 Å². The smallest absolute Gasteiger partial charge is 0.224 e. The number of nitrogens with two attached hydrogens (primary N) is 1. The summed E-state index contributed by atoms with van der Waals surface area (Å²) < 4.78 is 13.1. The molecule has 0 spiro atoms. The van der Waals surface area contributed by atoms with Gasteiger partial charge in [-0.05, 0) is 40.8 Å².